The van der Waals surface area contributed by atoms with Crippen molar-refractivity contribution >= 4 is 10.9 Å². The molecule has 0 saturated carbocycles. The predicted molar refractivity (Wildman–Crippen MR) is 74.2 cm³/mol. The zero-order valence-corrected chi connectivity index (χ0v) is 10.7. The van der Waals surface area contributed by atoms with E-state index in [2.05, 4.69) is 43.3 Å². The minimum atomic E-state index is 1.12. The number of rotatable bonds is 6. The second kappa shape index (κ2) is 6.39. The number of hydrogen-bond donors (Lipinski definition) is 0. The van der Waals surface area contributed by atoms with Crippen molar-refractivity contribution in [1.29, 1.82) is 0 Å². The third kappa shape index (κ3) is 3.55. The molecule has 2 aromatic rings. The summed E-state index contributed by atoms with van der Waals surface area (Å²) in [6.07, 6.45) is 7.77. The molecule has 0 atom stereocenters. The molecule has 0 unspecified atom stereocenters. The Morgan fingerprint density at radius 3 is 2.59 bits per heavy atom. The van der Waals surface area contributed by atoms with Crippen LogP contribution in [0.15, 0.2) is 36.4 Å². The maximum atomic E-state index is 4.69. The van der Waals surface area contributed by atoms with Crippen molar-refractivity contribution in [3.63, 3.8) is 0 Å². The van der Waals surface area contributed by atoms with E-state index < -0.39 is 0 Å². The van der Waals surface area contributed by atoms with Crippen molar-refractivity contribution in [3.8, 4) is 0 Å². The largest absolute Gasteiger partial charge is 0.253 e. The van der Waals surface area contributed by atoms with E-state index >= 15 is 0 Å². The summed E-state index contributed by atoms with van der Waals surface area (Å²) in [6, 6.07) is 12.7. The van der Waals surface area contributed by atoms with E-state index in [1.807, 2.05) is 0 Å². The van der Waals surface area contributed by atoms with Gasteiger partial charge >= 0.3 is 0 Å². The first kappa shape index (κ1) is 12.1. The first-order valence-electron chi connectivity index (χ1n) is 6.75. The number of para-hydroxylation sites is 1. The molecule has 17 heavy (non-hydrogen) atoms. The van der Waals surface area contributed by atoms with Crippen molar-refractivity contribution in [3.05, 3.63) is 42.1 Å². The number of aromatic nitrogens is 1. The molecule has 90 valence electrons. The highest BCUT2D eigenvalue weighted by Gasteiger charge is 1.98. The summed E-state index contributed by atoms with van der Waals surface area (Å²) < 4.78 is 0. The summed E-state index contributed by atoms with van der Waals surface area (Å²) in [6.45, 7) is 2.25. The van der Waals surface area contributed by atoms with Gasteiger partial charge in [0.25, 0.3) is 0 Å². The van der Waals surface area contributed by atoms with Crippen molar-refractivity contribution in [2.75, 3.05) is 0 Å². The van der Waals surface area contributed by atoms with E-state index in [0.717, 1.165) is 11.9 Å². The van der Waals surface area contributed by atoms with Crippen molar-refractivity contribution in [2.45, 2.75) is 45.4 Å². The van der Waals surface area contributed by atoms with Gasteiger partial charge in [0.05, 0.1) is 5.52 Å². The molecule has 0 amide bonds. The molecule has 0 aliphatic rings. The lowest BCUT2D eigenvalue weighted by molar-refractivity contribution is 0.629. The minimum absolute atomic E-state index is 1.12. The van der Waals surface area contributed by atoms with Gasteiger partial charge in [0, 0.05) is 11.1 Å². The van der Waals surface area contributed by atoms with Crippen molar-refractivity contribution < 1.29 is 0 Å². The van der Waals surface area contributed by atoms with E-state index in [0.29, 0.717) is 0 Å². The molecule has 0 spiro atoms. The molecule has 1 heteroatoms. The van der Waals surface area contributed by atoms with Gasteiger partial charge < -0.3 is 0 Å². The summed E-state index contributed by atoms with van der Waals surface area (Å²) in [5, 5.41) is 1.24. The van der Waals surface area contributed by atoms with E-state index in [4.69, 9.17) is 4.98 Å². The van der Waals surface area contributed by atoms with Gasteiger partial charge in [-0.15, -0.1) is 0 Å². The molecule has 1 aromatic carbocycles. The van der Waals surface area contributed by atoms with Crippen LogP contribution in [0.1, 0.15) is 44.7 Å². The maximum absolute atomic E-state index is 4.69. The minimum Gasteiger partial charge on any atom is -0.253 e. The van der Waals surface area contributed by atoms with Gasteiger partial charge in [-0.05, 0) is 25.0 Å². The van der Waals surface area contributed by atoms with Crippen LogP contribution in [0.2, 0.25) is 0 Å². The molecule has 0 radical (unpaired) electrons. The fourth-order valence-electron chi connectivity index (χ4n) is 2.16. The third-order valence-electron chi connectivity index (χ3n) is 3.19. The Labute approximate surface area is 104 Å². The van der Waals surface area contributed by atoms with Gasteiger partial charge in [-0.1, -0.05) is 56.9 Å². The normalized spacial score (nSPS) is 10.9. The second-order valence-corrected chi connectivity index (χ2v) is 4.66. The molecule has 0 saturated heterocycles. The molecule has 0 aliphatic carbocycles. The summed E-state index contributed by atoms with van der Waals surface area (Å²) in [5.41, 5.74) is 2.36. The first-order chi connectivity index (χ1) is 8.40. The van der Waals surface area contributed by atoms with E-state index in [1.165, 1.54) is 43.2 Å². The van der Waals surface area contributed by atoms with Crippen LogP contribution in [0, 0.1) is 0 Å². The number of pyridine rings is 1. The third-order valence-corrected chi connectivity index (χ3v) is 3.19. The summed E-state index contributed by atoms with van der Waals surface area (Å²) in [7, 11) is 0. The molecular formula is C16H21N. The molecule has 1 aromatic heterocycles. The average Bonchev–Trinajstić information content (AvgIpc) is 2.38. The van der Waals surface area contributed by atoms with Crippen LogP contribution in [0.3, 0.4) is 0 Å². The lowest BCUT2D eigenvalue weighted by atomic mass is 10.1. The Bertz CT molecular complexity index is 462. The molecule has 0 aliphatic heterocycles. The maximum Gasteiger partial charge on any atom is 0.0705 e. The number of hydrogen-bond acceptors (Lipinski definition) is 1. The highest BCUT2D eigenvalue weighted by Crippen LogP contribution is 2.13. The topological polar surface area (TPSA) is 12.9 Å². The first-order valence-corrected chi connectivity index (χ1v) is 6.75. The lowest BCUT2D eigenvalue weighted by Crippen LogP contribution is -1.91. The number of nitrogens with zero attached hydrogens (tertiary/aromatic N) is 1. The van der Waals surface area contributed by atoms with Gasteiger partial charge in [-0.25, -0.2) is 0 Å². The van der Waals surface area contributed by atoms with Gasteiger partial charge in [0.15, 0.2) is 0 Å². The Balaban J connectivity index is 1.90. The number of unbranched alkanes of at least 4 members (excludes halogenated alkanes) is 4. The van der Waals surface area contributed by atoms with Gasteiger partial charge in [-0.3, -0.25) is 4.98 Å². The molecule has 1 nitrogen and oxygen atoms in total. The molecular weight excluding hydrogens is 206 g/mol. The summed E-state index contributed by atoms with van der Waals surface area (Å²) >= 11 is 0. The Kier molecular flexibility index (Phi) is 4.54. The van der Waals surface area contributed by atoms with E-state index in [1.54, 1.807) is 0 Å². The molecule has 0 N–H and O–H groups in total. The number of aryl methyl sites for hydroxylation is 1. The Hall–Kier alpha value is -1.37. The van der Waals surface area contributed by atoms with Crippen LogP contribution in [0.25, 0.3) is 10.9 Å². The van der Waals surface area contributed by atoms with Crippen LogP contribution in [0.4, 0.5) is 0 Å². The molecule has 1 heterocycles. The van der Waals surface area contributed by atoms with Gasteiger partial charge in [0.1, 0.15) is 0 Å². The monoisotopic (exact) mass is 227 g/mol. The average molecular weight is 227 g/mol. The van der Waals surface area contributed by atoms with Crippen molar-refractivity contribution in [2.24, 2.45) is 0 Å². The fraction of sp³-hybridized carbons (Fsp3) is 0.438. The molecule has 0 bridgehead atoms. The summed E-state index contributed by atoms with van der Waals surface area (Å²) in [4.78, 5) is 4.69. The highest BCUT2D eigenvalue weighted by molar-refractivity contribution is 5.78. The zero-order chi connectivity index (χ0) is 11.9. The molecule has 2 rings (SSSR count). The number of benzene rings is 1. The van der Waals surface area contributed by atoms with Gasteiger partial charge in [0.2, 0.25) is 0 Å². The van der Waals surface area contributed by atoms with Crippen LogP contribution in [-0.4, -0.2) is 4.98 Å². The van der Waals surface area contributed by atoms with Crippen LogP contribution < -0.4 is 0 Å². The van der Waals surface area contributed by atoms with E-state index in [9.17, 15) is 0 Å². The fourth-order valence-corrected chi connectivity index (χ4v) is 2.16. The van der Waals surface area contributed by atoms with Crippen LogP contribution in [-0.2, 0) is 6.42 Å². The zero-order valence-electron chi connectivity index (χ0n) is 10.7. The lowest BCUT2D eigenvalue weighted by Gasteiger charge is -2.03. The van der Waals surface area contributed by atoms with Crippen LogP contribution >= 0.6 is 0 Å². The summed E-state index contributed by atoms with van der Waals surface area (Å²) in [5.74, 6) is 0. The van der Waals surface area contributed by atoms with Crippen molar-refractivity contribution in [1.82, 2.24) is 4.98 Å². The number of fused-ring (bicyclic) bond motifs is 1. The predicted octanol–water partition coefficient (Wildman–Crippen LogP) is 4.75. The second-order valence-electron chi connectivity index (χ2n) is 4.66. The SMILES string of the molecule is CCCCCCCc1ccc2ccccc2n1. The quantitative estimate of drug-likeness (QED) is 0.649. The highest BCUT2D eigenvalue weighted by atomic mass is 14.7. The standard InChI is InChI=1S/C16H21N/c1-2-3-4-5-6-10-15-13-12-14-9-7-8-11-16(14)17-15/h7-9,11-13H,2-6,10H2,1H3. The van der Waals surface area contributed by atoms with E-state index in [-0.39, 0.29) is 0 Å². The smallest absolute Gasteiger partial charge is 0.0705 e. The van der Waals surface area contributed by atoms with Crippen LogP contribution in [0.5, 0.6) is 0 Å². The molecule has 0 fully saturated rings. The Morgan fingerprint density at radius 2 is 1.71 bits per heavy atom. The van der Waals surface area contributed by atoms with Gasteiger partial charge in [-0.2, -0.15) is 0 Å². The Morgan fingerprint density at radius 1 is 0.882 bits per heavy atom.